The molecule has 1 heterocycles. The van der Waals surface area contributed by atoms with Crippen molar-refractivity contribution in [2.24, 2.45) is 0 Å². The summed E-state index contributed by atoms with van der Waals surface area (Å²) in [6, 6.07) is 8.56. The van der Waals surface area contributed by atoms with Crippen molar-refractivity contribution in [3.63, 3.8) is 0 Å². The predicted molar refractivity (Wildman–Crippen MR) is 90.3 cm³/mol. The zero-order valence-corrected chi connectivity index (χ0v) is 13.9. The predicted octanol–water partition coefficient (Wildman–Crippen LogP) is 2.46. The van der Waals surface area contributed by atoms with Crippen LogP contribution in [0.15, 0.2) is 24.3 Å². The average molecular weight is 312 g/mol. The molecule has 0 bridgehead atoms. The number of anilines is 1. The van der Waals surface area contributed by atoms with E-state index in [0.717, 1.165) is 25.2 Å². The van der Waals surface area contributed by atoms with Gasteiger partial charge in [-0.2, -0.15) is 0 Å². The molecule has 1 saturated heterocycles. The largest absolute Gasteiger partial charge is 0.325 e. The summed E-state index contributed by atoms with van der Waals surface area (Å²) in [5, 5.41) is 6.32. The lowest BCUT2D eigenvalue weighted by Crippen LogP contribution is -2.34. The van der Waals surface area contributed by atoms with E-state index in [4.69, 9.17) is 0 Å². The molecule has 1 amide bonds. The molecule has 0 aliphatic carbocycles. The zero-order valence-electron chi connectivity index (χ0n) is 13.1. The molecule has 1 atom stereocenters. The van der Waals surface area contributed by atoms with Crippen LogP contribution in [0.25, 0.3) is 0 Å². The van der Waals surface area contributed by atoms with Crippen LogP contribution in [0.4, 0.5) is 5.69 Å². The summed E-state index contributed by atoms with van der Waals surface area (Å²) in [6.45, 7) is 6.71. The van der Waals surface area contributed by atoms with Gasteiger partial charge in [0.1, 0.15) is 0 Å². The molecule has 21 heavy (non-hydrogen) atoms. The lowest BCUT2D eigenvalue weighted by Gasteiger charge is -2.17. The lowest BCUT2D eigenvalue weighted by atomic mass is 10.0. The second-order valence-electron chi connectivity index (χ2n) is 5.80. The van der Waals surface area contributed by atoms with Gasteiger partial charge < -0.3 is 10.6 Å². The van der Waals surface area contributed by atoms with Crippen molar-refractivity contribution in [2.45, 2.75) is 32.2 Å². The van der Waals surface area contributed by atoms with Gasteiger partial charge in [-0.1, -0.05) is 32.0 Å². The number of amides is 1. The van der Waals surface area contributed by atoms with Crippen molar-refractivity contribution >= 4 is 24.0 Å². The summed E-state index contributed by atoms with van der Waals surface area (Å²) in [5.41, 5.74) is 2.13. The van der Waals surface area contributed by atoms with E-state index in [0.29, 0.717) is 18.5 Å². The first-order valence-electron chi connectivity index (χ1n) is 7.38. The van der Waals surface area contributed by atoms with E-state index in [1.165, 1.54) is 5.56 Å². The number of carbonyl (C=O) groups is 1. The second kappa shape index (κ2) is 8.37. The van der Waals surface area contributed by atoms with E-state index in [-0.39, 0.29) is 18.3 Å². The average Bonchev–Trinajstić information content (AvgIpc) is 2.86. The fourth-order valence-corrected chi connectivity index (χ4v) is 2.72. The van der Waals surface area contributed by atoms with E-state index in [1.54, 1.807) is 0 Å². The highest BCUT2D eigenvalue weighted by molar-refractivity contribution is 5.93. The number of nitrogens with one attached hydrogen (secondary N) is 2. The molecule has 4 nitrogen and oxygen atoms in total. The molecule has 0 aromatic heterocycles. The Bertz CT molecular complexity index is 465. The summed E-state index contributed by atoms with van der Waals surface area (Å²) >= 11 is 0. The highest BCUT2D eigenvalue weighted by atomic mass is 35.5. The van der Waals surface area contributed by atoms with Crippen LogP contribution in [0, 0.1) is 0 Å². The third kappa shape index (κ3) is 4.99. The molecule has 0 saturated carbocycles. The summed E-state index contributed by atoms with van der Waals surface area (Å²) in [5.74, 6) is 0.488. The quantitative estimate of drug-likeness (QED) is 0.878. The molecule has 1 aromatic rings. The topological polar surface area (TPSA) is 44.4 Å². The number of nitrogens with zero attached hydrogens (tertiary/aromatic N) is 1. The SMILES string of the molecule is CNC1CCN(CC(=O)Nc2ccccc2C(C)C)C1.Cl. The number of halogens is 1. The molecule has 2 rings (SSSR count). The van der Waals surface area contributed by atoms with Crippen molar-refractivity contribution in [3.05, 3.63) is 29.8 Å². The monoisotopic (exact) mass is 311 g/mol. The first-order chi connectivity index (χ1) is 9.60. The van der Waals surface area contributed by atoms with Crippen LogP contribution >= 0.6 is 12.4 Å². The smallest absolute Gasteiger partial charge is 0.238 e. The fourth-order valence-electron chi connectivity index (χ4n) is 2.72. The lowest BCUT2D eigenvalue weighted by molar-refractivity contribution is -0.117. The van der Waals surface area contributed by atoms with Crippen LogP contribution in [-0.4, -0.2) is 43.5 Å². The minimum Gasteiger partial charge on any atom is -0.325 e. The Labute approximate surface area is 133 Å². The van der Waals surface area contributed by atoms with Crippen molar-refractivity contribution in [1.29, 1.82) is 0 Å². The molecular weight excluding hydrogens is 286 g/mol. The van der Waals surface area contributed by atoms with Crippen LogP contribution in [0.1, 0.15) is 31.7 Å². The maximum atomic E-state index is 12.2. The van der Waals surface area contributed by atoms with Crippen LogP contribution in [-0.2, 0) is 4.79 Å². The Morgan fingerprint density at radius 1 is 1.38 bits per heavy atom. The maximum Gasteiger partial charge on any atom is 0.238 e. The highest BCUT2D eigenvalue weighted by Gasteiger charge is 2.22. The highest BCUT2D eigenvalue weighted by Crippen LogP contribution is 2.23. The normalized spacial score (nSPS) is 18.6. The molecular formula is C16H26ClN3O. The minimum absolute atomic E-state index is 0. The molecule has 0 spiro atoms. The number of benzene rings is 1. The van der Waals surface area contributed by atoms with E-state index < -0.39 is 0 Å². The first kappa shape index (κ1) is 18.0. The van der Waals surface area contributed by atoms with Gasteiger partial charge in [0.15, 0.2) is 0 Å². The summed E-state index contributed by atoms with van der Waals surface area (Å²) in [6.07, 6.45) is 1.12. The molecule has 1 aliphatic heterocycles. The second-order valence-corrected chi connectivity index (χ2v) is 5.80. The van der Waals surface area contributed by atoms with Gasteiger partial charge in [0.25, 0.3) is 0 Å². The minimum atomic E-state index is 0. The van der Waals surface area contributed by atoms with Crippen molar-refractivity contribution in [2.75, 3.05) is 32.0 Å². The van der Waals surface area contributed by atoms with Crippen LogP contribution in [0.2, 0.25) is 0 Å². The molecule has 1 unspecified atom stereocenters. The Morgan fingerprint density at radius 3 is 2.71 bits per heavy atom. The van der Waals surface area contributed by atoms with E-state index in [9.17, 15) is 4.79 Å². The Morgan fingerprint density at radius 2 is 2.10 bits per heavy atom. The molecule has 1 aromatic carbocycles. The van der Waals surface area contributed by atoms with Gasteiger partial charge in [-0.15, -0.1) is 12.4 Å². The zero-order chi connectivity index (χ0) is 14.5. The number of hydrogen-bond acceptors (Lipinski definition) is 3. The molecule has 1 aliphatic rings. The van der Waals surface area contributed by atoms with Gasteiger partial charge in [-0.25, -0.2) is 0 Å². The Hall–Kier alpha value is -1.10. The number of hydrogen-bond donors (Lipinski definition) is 2. The van der Waals surface area contributed by atoms with Crippen molar-refractivity contribution in [3.8, 4) is 0 Å². The summed E-state index contributed by atoms with van der Waals surface area (Å²) < 4.78 is 0. The van der Waals surface area contributed by atoms with Gasteiger partial charge in [-0.3, -0.25) is 9.69 Å². The third-order valence-electron chi connectivity index (χ3n) is 3.90. The summed E-state index contributed by atoms with van der Waals surface area (Å²) in [4.78, 5) is 14.4. The van der Waals surface area contributed by atoms with Gasteiger partial charge in [0.2, 0.25) is 5.91 Å². The number of carbonyl (C=O) groups excluding carboxylic acids is 1. The molecule has 2 N–H and O–H groups in total. The number of para-hydroxylation sites is 1. The Kier molecular flexibility index (Phi) is 7.15. The van der Waals surface area contributed by atoms with Gasteiger partial charge >= 0.3 is 0 Å². The van der Waals surface area contributed by atoms with Gasteiger partial charge in [0, 0.05) is 24.8 Å². The molecule has 0 radical (unpaired) electrons. The van der Waals surface area contributed by atoms with Crippen molar-refractivity contribution < 1.29 is 4.79 Å². The van der Waals surface area contributed by atoms with Crippen LogP contribution in [0.3, 0.4) is 0 Å². The number of likely N-dealkylation sites (tertiary alicyclic amines) is 1. The van der Waals surface area contributed by atoms with E-state index >= 15 is 0 Å². The molecule has 5 heteroatoms. The maximum absolute atomic E-state index is 12.2. The Balaban J connectivity index is 0.00000220. The molecule has 1 fully saturated rings. The standard InChI is InChI=1S/C16H25N3O.ClH/c1-12(2)14-6-4-5-7-15(14)18-16(20)11-19-9-8-13(10-19)17-3;/h4-7,12-13,17H,8-11H2,1-3H3,(H,18,20);1H. The summed E-state index contributed by atoms with van der Waals surface area (Å²) in [7, 11) is 1.98. The molecule has 118 valence electrons. The van der Waals surface area contributed by atoms with Crippen molar-refractivity contribution in [1.82, 2.24) is 10.2 Å². The van der Waals surface area contributed by atoms with Gasteiger partial charge in [0.05, 0.1) is 6.54 Å². The van der Waals surface area contributed by atoms with Crippen LogP contribution < -0.4 is 10.6 Å². The number of rotatable bonds is 5. The fraction of sp³-hybridized carbons (Fsp3) is 0.562. The third-order valence-corrected chi connectivity index (χ3v) is 3.90. The first-order valence-corrected chi connectivity index (χ1v) is 7.38. The van der Waals surface area contributed by atoms with E-state index in [2.05, 4.69) is 35.4 Å². The van der Waals surface area contributed by atoms with Crippen LogP contribution in [0.5, 0.6) is 0 Å². The van der Waals surface area contributed by atoms with E-state index in [1.807, 2.05) is 25.2 Å². The number of likely N-dealkylation sites (N-methyl/N-ethyl adjacent to an activating group) is 1. The van der Waals surface area contributed by atoms with Gasteiger partial charge in [-0.05, 0) is 31.0 Å².